The Bertz CT molecular complexity index is 574. The molecule has 0 aliphatic rings. The van der Waals surface area contributed by atoms with E-state index in [1.165, 1.54) is 40.7 Å². The molecule has 0 amide bonds. The maximum absolute atomic E-state index is 2.27. The lowest BCUT2D eigenvalue weighted by molar-refractivity contribution is 1.36. The van der Waals surface area contributed by atoms with Crippen LogP contribution in [0, 0.1) is 27.7 Å². The largest absolute Gasteiger partial charge is 0.0931 e. The molecule has 0 nitrogen and oxygen atoms in total. The van der Waals surface area contributed by atoms with E-state index in [2.05, 4.69) is 69.2 Å². The summed E-state index contributed by atoms with van der Waals surface area (Å²) in [4.78, 5) is 1.31. The van der Waals surface area contributed by atoms with Gasteiger partial charge in [0.1, 0.15) is 0 Å². The molecule has 0 atom stereocenters. The van der Waals surface area contributed by atoms with E-state index in [-0.39, 0.29) is 0 Å². The average Bonchev–Trinajstić information content (AvgIpc) is 2.34. The van der Waals surface area contributed by atoms with Crippen LogP contribution in [0.25, 0.3) is 0 Å². The molecule has 2 aromatic rings. The van der Waals surface area contributed by atoms with Gasteiger partial charge < -0.3 is 0 Å². The molecule has 0 N–H and O–H groups in total. The van der Waals surface area contributed by atoms with E-state index >= 15 is 0 Å². The molecule has 0 heterocycles. The van der Waals surface area contributed by atoms with Crippen molar-refractivity contribution in [3.8, 4) is 0 Å². The highest BCUT2D eigenvalue weighted by atomic mass is 32.2. The molecule has 0 aliphatic carbocycles. The molecule has 0 spiro atoms. The van der Waals surface area contributed by atoms with E-state index in [0.717, 1.165) is 0 Å². The zero-order valence-electron chi connectivity index (χ0n) is 11.9. The van der Waals surface area contributed by atoms with Crippen LogP contribution in [0.3, 0.4) is 0 Å². The maximum atomic E-state index is 2.27. The minimum absolute atomic E-state index is 1.29. The lowest BCUT2D eigenvalue weighted by atomic mass is 10.1. The molecule has 2 rings (SSSR count). The van der Waals surface area contributed by atoms with Gasteiger partial charge in [-0.05, 0) is 51.0 Å². The van der Waals surface area contributed by atoms with Gasteiger partial charge in [0.15, 0.2) is 0 Å². The van der Waals surface area contributed by atoms with Crippen molar-refractivity contribution in [2.75, 3.05) is 0 Å². The molecule has 2 heteroatoms. The van der Waals surface area contributed by atoms with Crippen LogP contribution in [0.1, 0.15) is 22.3 Å². The Morgan fingerprint density at radius 2 is 1.42 bits per heavy atom. The zero-order valence-corrected chi connectivity index (χ0v) is 13.6. The zero-order chi connectivity index (χ0) is 13.8. The number of hydrogen-bond donors (Lipinski definition) is 0. The standard InChI is InChI=1S/C17H19PS/c1-12-5-7-16(8-6-12)19-11-18-17-14(3)9-13(2)10-15(17)4/h5-11H,1-4H3. The fourth-order valence-electron chi connectivity index (χ4n) is 2.13. The molecule has 0 bridgehead atoms. The van der Waals surface area contributed by atoms with Gasteiger partial charge in [-0.25, -0.2) is 0 Å². The van der Waals surface area contributed by atoms with Crippen molar-refractivity contribution in [3.05, 3.63) is 58.7 Å². The highest BCUT2D eigenvalue weighted by Crippen LogP contribution is 2.20. The second kappa shape index (κ2) is 6.41. The Labute approximate surface area is 122 Å². The van der Waals surface area contributed by atoms with Crippen molar-refractivity contribution >= 4 is 30.4 Å². The van der Waals surface area contributed by atoms with Gasteiger partial charge in [0, 0.05) is 15.3 Å². The average molecular weight is 286 g/mol. The normalized spacial score (nSPS) is 11.2. The molecular weight excluding hydrogens is 267 g/mol. The molecule has 0 aliphatic heterocycles. The van der Waals surface area contributed by atoms with Crippen LogP contribution < -0.4 is 5.30 Å². The molecule has 0 unspecified atom stereocenters. The third-order valence-electron chi connectivity index (χ3n) is 3.03. The summed E-state index contributed by atoms with van der Waals surface area (Å²) in [5.41, 5.74) is 5.44. The minimum atomic E-state index is 1.29. The summed E-state index contributed by atoms with van der Waals surface area (Å²) < 4.78 is 0. The number of rotatable bonds is 3. The molecule has 0 saturated carbocycles. The molecule has 2 aromatic carbocycles. The van der Waals surface area contributed by atoms with Gasteiger partial charge in [0.05, 0.1) is 0 Å². The predicted molar refractivity (Wildman–Crippen MR) is 90.3 cm³/mol. The highest BCUT2D eigenvalue weighted by Gasteiger charge is 2.00. The van der Waals surface area contributed by atoms with E-state index < -0.39 is 0 Å². The van der Waals surface area contributed by atoms with Gasteiger partial charge >= 0.3 is 0 Å². The Hall–Kier alpha value is -1.04. The van der Waals surface area contributed by atoms with Crippen molar-refractivity contribution in [3.63, 3.8) is 0 Å². The summed E-state index contributed by atoms with van der Waals surface area (Å²) in [6.45, 7) is 8.68. The number of aryl methyl sites for hydroxylation is 4. The topological polar surface area (TPSA) is 0 Å². The van der Waals surface area contributed by atoms with Gasteiger partial charge in [-0.1, -0.05) is 55.4 Å². The van der Waals surface area contributed by atoms with Gasteiger partial charge in [0.2, 0.25) is 0 Å². The summed E-state index contributed by atoms with van der Waals surface area (Å²) in [5.74, 6) is 0. The van der Waals surface area contributed by atoms with Gasteiger partial charge in [-0.3, -0.25) is 0 Å². The van der Waals surface area contributed by atoms with Crippen LogP contribution in [0.5, 0.6) is 0 Å². The van der Waals surface area contributed by atoms with Crippen LogP contribution in [0.4, 0.5) is 0 Å². The first-order valence-corrected chi connectivity index (χ1v) is 8.24. The SMILES string of the molecule is Cc1ccc(SC=Pc2c(C)cc(C)cc2C)cc1. The lowest BCUT2D eigenvalue weighted by Gasteiger charge is -2.06. The molecule has 0 radical (unpaired) electrons. The first-order valence-electron chi connectivity index (χ1n) is 6.40. The second-order valence-electron chi connectivity index (χ2n) is 4.91. The lowest BCUT2D eigenvalue weighted by Crippen LogP contribution is -2.03. The molecule has 0 saturated heterocycles. The molecular formula is C17H19PS. The van der Waals surface area contributed by atoms with Crippen molar-refractivity contribution in [1.29, 1.82) is 0 Å². The van der Waals surface area contributed by atoms with Gasteiger partial charge in [-0.15, -0.1) is 0 Å². The Morgan fingerprint density at radius 3 is 2.00 bits per heavy atom. The van der Waals surface area contributed by atoms with E-state index in [1.54, 1.807) is 0 Å². The number of hydrogen-bond acceptors (Lipinski definition) is 1. The van der Waals surface area contributed by atoms with Crippen LogP contribution in [-0.4, -0.2) is 5.13 Å². The Balaban J connectivity index is 2.13. The van der Waals surface area contributed by atoms with Crippen LogP contribution in [0.15, 0.2) is 41.3 Å². The Morgan fingerprint density at radius 1 is 0.842 bits per heavy atom. The molecule has 0 fully saturated rings. The second-order valence-corrected chi connectivity index (χ2v) is 7.17. The van der Waals surface area contributed by atoms with Crippen molar-refractivity contribution < 1.29 is 0 Å². The van der Waals surface area contributed by atoms with Crippen molar-refractivity contribution in [1.82, 2.24) is 0 Å². The third kappa shape index (κ3) is 3.96. The van der Waals surface area contributed by atoms with Gasteiger partial charge in [-0.2, -0.15) is 0 Å². The monoisotopic (exact) mass is 286 g/mol. The fourth-order valence-corrected chi connectivity index (χ4v) is 4.08. The number of thioether (sulfide) groups is 1. The third-order valence-corrected chi connectivity index (χ3v) is 5.38. The highest BCUT2D eigenvalue weighted by molar-refractivity contribution is 8.16. The predicted octanol–water partition coefficient (Wildman–Crippen LogP) is 5.04. The van der Waals surface area contributed by atoms with Crippen molar-refractivity contribution in [2.24, 2.45) is 0 Å². The minimum Gasteiger partial charge on any atom is -0.0931 e. The number of benzene rings is 2. The van der Waals surface area contributed by atoms with Gasteiger partial charge in [0.25, 0.3) is 0 Å². The smallest absolute Gasteiger partial charge is 0.0120 e. The van der Waals surface area contributed by atoms with Crippen LogP contribution in [-0.2, 0) is 0 Å². The van der Waals surface area contributed by atoms with E-state index in [9.17, 15) is 0 Å². The summed E-state index contributed by atoms with van der Waals surface area (Å²) >= 11 is 1.81. The first-order chi connectivity index (χ1) is 9.06. The van der Waals surface area contributed by atoms with E-state index in [4.69, 9.17) is 0 Å². The van der Waals surface area contributed by atoms with Crippen LogP contribution in [0.2, 0.25) is 0 Å². The summed E-state index contributed by atoms with van der Waals surface area (Å²) in [6.07, 6.45) is 0. The fraction of sp³-hybridized carbons (Fsp3) is 0.235. The summed E-state index contributed by atoms with van der Waals surface area (Å²) in [6, 6.07) is 13.2. The quantitative estimate of drug-likeness (QED) is 0.562. The molecule has 98 valence electrons. The van der Waals surface area contributed by atoms with E-state index in [1.807, 2.05) is 11.8 Å². The molecule has 0 aromatic heterocycles. The Kier molecular flexibility index (Phi) is 4.85. The van der Waals surface area contributed by atoms with E-state index in [0.29, 0.717) is 0 Å². The maximum Gasteiger partial charge on any atom is 0.0120 e. The first kappa shape index (κ1) is 14.4. The molecule has 19 heavy (non-hydrogen) atoms. The summed E-state index contributed by atoms with van der Waals surface area (Å²) in [7, 11) is 1.29. The summed E-state index contributed by atoms with van der Waals surface area (Å²) in [5, 5.41) is 3.71. The van der Waals surface area contributed by atoms with Crippen molar-refractivity contribution in [2.45, 2.75) is 32.6 Å². The van der Waals surface area contributed by atoms with Crippen LogP contribution >= 0.6 is 20.0 Å².